The van der Waals surface area contributed by atoms with Gasteiger partial charge in [0.1, 0.15) is 0 Å². The van der Waals surface area contributed by atoms with Gasteiger partial charge in [-0.05, 0) is 43.1 Å². The van der Waals surface area contributed by atoms with Crippen LogP contribution in [0.4, 0.5) is 0 Å². The van der Waals surface area contributed by atoms with E-state index in [1.165, 1.54) is 4.90 Å². The van der Waals surface area contributed by atoms with Gasteiger partial charge in [0.2, 0.25) is 0 Å². The molecule has 0 saturated carbocycles. The van der Waals surface area contributed by atoms with Gasteiger partial charge in [0.15, 0.2) is 8.32 Å². The van der Waals surface area contributed by atoms with Crippen molar-refractivity contribution in [1.29, 1.82) is 0 Å². The first-order valence-corrected chi connectivity index (χ1v) is 12.2. The number of imide groups is 1. The summed E-state index contributed by atoms with van der Waals surface area (Å²) in [6, 6.07) is 7.06. The van der Waals surface area contributed by atoms with Crippen molar-refractivity contribution in [3.63, 3.8) is 0 Å². The van der Waals surface area contributed by atoms with E-state index in [-0.39, 0.29) is 16.9 Å². The molecule has 0 bridgehead atoms. The topological polar surface area (TPSA) is 46.6 Å². The summed E-state index contributed by atoms with van der Waals surface area (Å²) < 4.78 is 6.17. The Bertz CT molecular complexity index is 599. The number of hydrogen-bond acceptors (Lipinski definition) is 3. The fraction of sp³-hybridized carbons (Fsp3) is 0.600. The minimum atomic E-state index is -1.65. The molecule has 0 unspecified atom stereocenters. The zero-order valence-electron chi connectivity index (χ0n) is 16.2. The van der Waals surface area contributed by atoms with Crippen LogP contribution >= 0.6 is 0 Å². The second-order valence-electron chi connectivity index (χ2n) is 8.33. The Balaban J connectivity index is 1.66. The maximum atomic E-state index is 12.3. The van der Waals surface area contributed by atoms with E-state index in [1.807, 2.05) is 0 Å². The van der Waals surface area contributed by atoms with Crippen LogP contribution in [0.2, 0.25) is 18.1 Å². The standard InChI is InChI=1S/C20H31NO3Si/c1-20(2,3)25(4,5)24-15-11-7-6-10-14-21-18(22)16-12-8-9-13-17(16)19(21)23/h8-9,12-13H,6-7,10-11,14-15H2,1-5H3. The highest BCUT2D eigenvalue weighted by Crippen LogP contribution is 2.36. The van der Waals surface area contributed by atoms with Gasteiger partial charge >= 0.3 is 0 Å². The minimum absolute atomic E-state index is 0.151. The zero-order valence-corrected chi connectivity index (χ0v) is 17.2. The number of unbranched alkanes of at least 4 members (excludes halogenated alkanes) is 3. The van der Waals surface area contributed by atoms with Gasteiger partial charge in [0.05, 0.1) is 11.1 Å². The van der Waals surface area contributed by atoms with Crippen molar-refractivity contribution < 1.29 is 14.0 Å². The summed E-state index contributed by atoms with van der Waals surface area (Å²) >= 11 is 0. The molecule has 2 amide bonds. The van der Waals surface area contributed by atoms with Crippen LogP contribution in [-0.4, -0.2) is 38.2 Å². The van der Waals surface area contributed by atoms with Crippen LogP contribution in [0.25, 0.3) is 0 Å². The molecule has 0 saturated heterocycles. The van der Waals surface area contributed by atoms with Gasteiger partial charge in [-0.25, -0.2) is 0 Å². The normalized spacial score (nSPS) is 15.0. The molecule has 0 aliphatic carbocycles. The van der Waals surface area contributed by atoms with E-state index < -0.39 is 8.32 Å². The number of nitrogens with zero attached hydrogens (tertiary/aromatic N) is 1. The van der Waals surface area contributed by atoms with Crippen molar-refractivity contribution >= 4 is 20.1 Å². The van der Waals surface area contributed by atoms with E-state index in [2.05, 4.69) is 33.9 Å². The second-order valence-corrected chi connectivity index (χ2v) is 13.1. The smallest absolute Gasteiger partial charge is 0.261 e. The Labute approximate surface area is 152 Å². The third-order valence-electron chi connectivity index (χ3n) is 5.42. The molecule has 1 heterocycles. The lowest BCUT2D eigenvalue weighted by Crippen LogP contribution is -2.40. The number of rotatable bonds is 8. The van der Waals surface area contributed by atoms with Crippen LogP contribution < -0.4 is 0 Å². The number of carbonyl (C=O) groups is 2. The van der Waals surface area contributed by atoms with Gasteiger partial charge < -0.3 is 4.43 Å². The van der Waals surface area contributed by atoms with E-state index in [1.54, 1.807) is 24.3 Å². The molecule has 0 N–H and O–H groups in total. The van der Waals surface area contributed by atoms with Crippen molar-refractivity contribution in [2.45, 2.75) is 64.6 Å². The maximum Gasteiger partial charge on any atom is 0.261 e. The summed E-state index contributed by atoms with van der Waals surface area (Å²) in [6.07, 6.45) is 3.96. The number of fused-ring (bicyclic) bond motifs is 1. The fourth-order valence-electron chi connectivity index (χ4n) is 2.71. The first-order valence-electron chi connectivity index (χ1n) is 9.24. The van der Waals surface area contributed by atoms with Gasteiger partial charge in [0.25, 0.3) is 11.8 Å². The Hall–Kier alpha value is -1.46. The third-order valence-corrected chi connectivity index (χ3v) is 9.96. The first kappa shape index (κ1) is 19.9. The number of carbonyl (C=O) groups excluding carboxylic acids is 2. The molecule has 0 fully saturated rings. The fourth-order valence-corrected chi connectivity index (χ4v) is 3.80. The molecule has 0 atom stereocenters. The van der Waals surface area contributed by atoms with E-state index in [0.29, 0.717) is 17.7 Å². The Kier molecular flexibility index (Phi) is 6.22. The van der Waals surface area contributed by atoms with Crippen molar-refractivity contribution in [2.24, 2.45) is 0 Å². The molecule has 1 aliphatic rings. The second kappa shape index (κ2) is 7.83. The van der Waals surface area contributed by atoms with Crippen molar-refractivity contribution in [2.75, 3.05) is 13.2 Å². The molecule has 4 nitrogen and oxygen atoms in total. The average Bonchev–Trinajstić information content (AvgIpc) is 2.78. The molecular weight excluding hydrogens is 330 g/mol. The Morgan fingerprint density at radius 1 is 0.920 bits per heavy atom. The molecule has 138 valence electrons. The van der Waals surface area contributed by atoms with E-state index in [0.717, 1.165) is 32.3 Å². The quantitative estimate of drug-likeness (QED) is 0.377. The summed E-state index contributed by atoms with van der Waals surface area (Å²) in [5.74, 6) is -0.302. The minimum Gasteiger partial charge on any atom is -0.417 e. The van der Waals surface area contributed by atoms with Crippen molar-refractivity contribution in [3.05, 3.63) is 35.4 Å². The van der Waals surface area contributed by atoms with Gasteiger partial charge in [-0.3, -0.25) is 14.5 Å². The Morgan fingerprint density at radius 2 is 1.44 bits per heavy atom. The van der Waals surface area contributed by atoms with Crippen molar-refractivity contribution in [3.8, 4) is 0 Å². The SMILES string of the molecule is CC(C)(C)[Si](C)(C)OCCCCCCN1C(=O)c2ccccc2C1=O. The molecule has 1 aliphatic heterocycles. The summed E-state index contributed by atoms with van der Waals surface area (Å²) in [4.78, 5) is 25.9. The molecule has 0 spiro atoms. The van der Waals surface area contributed by atoms with E-state index in [9.17, 15) is 9.59 Å². The van der Waals surface area contributed by atoms with Gasteiger partial charge in [-0.15, -0.1) is 0 Å². The zero-order chi connectivity index (χ0) is 18.7. The lowest BCUT2D eigenvalue weighted by Gasteiger charge is -2.36. The number of benzene rings is 1. The maximum absolute atomic E-state index is 12.3. The van der Waals surface area contributed by atoms with Crippen LogP contribution in [-0.2, 0) is 4.43 Å². The van der Waals surface area contributed by atoms with E-state index >= 15 is 0 Å². The van der Waals surface area contributed by atoms with Gasteiger partial charge in [-0.1, -0.05) is 45.7 Å². The lowest BCUT2D eigenvalue weighted by atomic mass is 10.1. The summed E-state index contributed by atoms with van der Waals surface area (Å²) in [7, 11) is -1.65. The average molecular weight is 362 g/mol. The summed E-state index contributed by atoms with van der Waals surface area (Å²) in [6.45, 7) is 12.6. The molecule has 0 aromatic heterocycles. The number of hydrogen-bond donors (Lipinski definition) is 0. The summed E-state index contributed by atoms with van der Waals surface area (Å²) in [5, 5.41) is 0.248. The molecule has 5 heteroatoms. The largest absolute Gasteiger partial charge is 0.417 e. The van der Waals surface area contributed by atoms with Gasteiger partial charge in [-0.2, -0.15) is 0 Å². The highest BCUT2D eigenvalue weighted by molar-refractivity contribution is 6.74. The predicted molar refractivity (Wildman–Crippen MR) is 103 cm³/mol. The molecular formula is C20H31NO3Si. The Morgan fingerprint density at radius 3 is 1.96 bits per heavy atom. The molecule has 2 rings (SSSR count). The highest BCUT2D eigenvalue weighted by atomic mass is 28.4. The highest BCUT2D eigenvalue weighted by Gasteiger charge is 2.37. The van der Waals surface area contributed by atoms with E-state index in [4.69, 9.17) is 4.43 Å². The number of amides is 2. The van der Waals surface area contributed by atoms with Crippen molar-refractivity contribution in [1.82, 2.24) is 4.90 Å². The molecule has 0 radical (unpaired) electrons. The van der Waals surface area contributed by atoms with Crippen LogP contribution in [0.1, 0.15) is 67.2 Å². The van der Waals surface area contributed by atoms with Crippen LogP contribution in [0.5, 0.6) is 0 Å². The molecule has 1 aromatic rings. The lowest BCUT2D eigenvalue weighted by molar-refractivity contribution is 0.0651. The van der Waals surface area contributed by atoms with Gasteiger partial charge in [0, 0.05) is 13.2 Å². The first-order chi connectivity index (χ1) is 11.6. The van der Waals surface area contributed by atoms with Crippen LogP contribution in [0, 0.1) is 0 Å². The predicted octanol–water partition coefficient (Wildman–Crippen LogP) is 4.86. The monoisotopic (exact) mass is 361 g/mol. The van der Waals surface area contributed by atoms with Crippen LogP contribution in [0.3, 0.4) is 0 Å². The molecule has 25 heavy (non-hydrogen) atoms. The van der Waals surface area contributed by atoms with Crippen LogP contribution in [0.15, 0.2) is 24.3 Å². The third kappa shape index (κ3) is 4.58. The molecule has 1 aromatic carbocycles. The summed E-state index contributed by atoms with van der Waals surface area (Å²) in [5.41, 5.74) is 1.07.